The zero-order chi connectivity index (χ0) is 19.3. The van der Waals surface area contributed by atoms with Crippen LogP contribution in [0.2, 0.25) is 0 Å². The number of nitrogens with one attached hydrogen (secondary N) is 2. The molecular weight excluding hydrogens is 465 g/mol. The normalized spacial score (nSPS) is 16.0. The maximum atomic E-state index is 5.71. The second-order valence-corrected chi connectivity index (χ2v) is 6.91. The minimum atomic E-state index is 0. The van der Waals surface area contributed by atoms with Crippen molar-refractivity contribution >= 4 is 29.9 Å². The molecule has 158 valence electrons. The van der Waals surface area contributed by atoms with Gasteiger partial charge in [-0.15, -0.1) is 24.0 Å². The van der Waals surface area contributed by atoms with Gasteiger partial charge in [0.05, 0.1) is 0 Å². The summed E-state index contributed by atoms with van der Waals surface area (Å²) in [5.74, 6) is 1.70. The molecule has 7 heteroatoms. The van der Waals surface area contributed by atoms with Crippen LogP contribution in [-0.2, 0) is 6.54 Å². The fourth-order valence-electron chi connectivity index (χ4n) is 3.17. The smallest absolute Gasteiger partial charge is 0.191 e. The SMILES string of the molecule is C=CCOc1ccccc1CNC(=NC)NCCCN1CCCN(C)CC1.I. The van der Waals surface area contributed by atoms with Crippen LogP contribution in [0.5, 0.6) is 5.75 Å². The maximum absolute atomic E-state index is 5.71. The van der Waals surface area contributed by atoms with E-state index in [9.17, 15) is 0 Å². The number of ether oxygens (including phenoxy) is 1. The number of aliphatic imine (C=N–C) groups is 1. The van der Waals surface area contributed by atoms with Crippen LogP contribution in [0.25, 0.3) is 0 Å². The van der Waals surface area contributed by atoms with Crippen LogP contribution in [0.15, 0.2) is 41.9 Å². The Morgan fingerprint density at radius 2 is 2.04 bits per heavy atom. The summed E-state index contributed by atoms with van der Waals surface area (Å²) in [6.45, 7) is 11.7. The second-order valence-electron chi connectivity index (χ2n) is 6.91. The van der Waals surface area contributed by atoms with E-state index in [4.69, 9.17) is 4.74 Å². The van der Waals surface area contributed by atoms with Crippen LogP contribution in [0.4, 0.5) is 0 Å². The topological polar surface area (TPSA) is 52.1 Å². The molecule has 0 aliphatic carbocycles. The van der Waals surface area contributed by atoms with Crippen molar-refractivity contribution in [3.63, 3.8) is 0 Å². The number of guanidine groups is 1. The van der Waals surface area contributed by atoms with Crippen molar-refractivity contribution < 1.29 is 4.74 Å². The predicted molar refractivity (Wildman–Crippen MR) is 129 cm³/mol. The lowest BCUT2D eigenvalue weighted by Crippen LogP contribution is -2.38. The molecule has 0 unspecified atom stereocenters. The summed E-state index contributed by atoms with van der Waals surface area (Å²) < 4.78 is 5.71. The quantitative estimate of drug-likeness (QED) is 0.179. The molecule has 0 spiro atoms. The van der Waals surface area contributed by atoms with Gasteiger partial charge >= 0.3 is 0 Å². The molecule has 0 radical (unpaired) electrons. The molecule has 0 amide bonds. The molecule has 0 saturated carbocycles. The van der Waals surface area contributed by atoms with Crippen molar-refractivity contribution in [3.05, 3.63) is 42.5 Å². The van der Waals surface area contributed by atoms with E-state index in [2.05, 4.69) is 45.1 Å². The number of likely N-dealkylation sites (N-methyl/N-ethyl adjacent to an activating group) is 1. The van der Waals surface area contributed by atoms with Crippen molar-refractivity contribution in [1.29, 1.82) is 0 Å². The van der Waals surface area contributed by atoms with Crippen molar-refractivity contribution in [3.8, 4) is 5.75 Å². The number of para-hydroxylation sites is 1. The Hall–Kier alpha value is -1.32. The number of hydrogen-bond acceptors (Lipinski definition) is 4. The summed E-state index contributed by atoms with van der Waals surface area (Å²) in [7, 11) is 4.02. The van der Waals surface area contributed by atoms with E-state index in [0.717, 1.165) is 36.8 Å². The van der Waals surface area contributed by atoms with E-state index >= 15 is 0 Å². The first-order chi connectivity index (χ1) is 13.2. The first-order valence-electron chi connectivity index (χ1n) is 9.90. The summed E-state index contributed by atoms with van der Waals surface area (Å²) in [6, 6.07) is 8.05. The van der Waals surface area contributed by atoms with Gasteiger partial charge in [-0.1, -0.05) is 30.9 Å². The van der Waals surface area contributed by atoms with E-state index in [-0.39, 0.29) is 24.0 Å². The highest BCUT2D eigenvalue weighted by atomic mass is 127. The van der Waals surface area contributed by atoms with Gasteiger partial charge in [0, 0.05) is 38.8 Å². The number of hydrogen-bond donors (Lipinski definition) is 2. The molecule has 1 saturated heterocycles. The van der Waals surface area contributed by atoms with Gasteiger partial charge in [-0.2, -0.15) is 0 Å². The standard InChI is InChI=1S/C21H35N5O.HI/c1-4-17-27-20-10-6-5-9-19(20)18-24-21(22-2)23-11-7-13-26-14-8-12-25(3)15-16-26;/h4-6,9-10H,1,7-8,11-18H2,2-3H3,(H2,22,23,24);1H. The lowest BCUT2D eigenvalue weighted by atomic mass is 10.2. The predicted octanol–water partition coefficient (Wildman–Crippen LogP) is 2.56. The fourth-order valence-corrected chi connectivity index (χ4v) is 3.17. The third kappa shape index (κ3) is 9.25. The number of halogens is 1. The largest absolute Gasteiger partial charge is 0.489 e. The van der Waals surface area contributed by atoms with Gasteiger partial charge in [-0.05, 0) is 45.6 Å². The minimum absolute atomic E-state index is 0. The molecule has 28 heavy (non-hydrogen) atoms. The molecular formula is C21H36IN5O. The number of rotatable bonds is 9. The lowest BCUT2D eigenvalue weighted by Gasteiger charge is -2.20. The van der Waals surface area contributed by atoms with Crippen molar-refractivity contribution in [2.24, 2.45) is 4.99 Å². The van der Waals surface area contributed by atoms with Crippen molar-refractivity contribution in [2.75, 3.05) is 60.0 Å². The molecule has 0 bridgehead atoms. The van der Waals surface area contributed by atoms with Gasteiger partial charge in [0.25, 0.3) is 0 Å². The van der Waals surface area contributed by atoms with Gasteiger partial charge in [-0.25, -0.2) is 0 Å². The third-order valence-electron chi connectivity index (χ3n) is 4.75. The summed E-state index contributed by atoms with van der Waals surface area (Å²) in [5.41, 5.74) is 1.11. The zero-order valence-electron chi connectivity index (χ0n) is 17.3. The molecule has 1 aliphatic rings. The van der Waals surface area contributed by atoms with Gasteiger partial charge in [-0.3, -0.25) is 4.99 Å². The van der Waals surface area contributed by atoms with Crippen molar-refractivity contribution in [1.82, 2.24) is 20.4 Å². The molecule has 1 heterocycles. The van der Waals surface area contributed by atoms with Gasteiger partial charge < -0.3 is 25.2 Å². The summed E-state index contributed by atoms with van der Waals surface area (Å²) >= 11 is 0. The maximum Gasteiger partial charge on any atom is 0.191 e. The van der Waals surface area contributed by atoms with E-state index in [1.165, 1.54) is 32.6 Å². The Morgan fingerprint density at radius 1 is 1.21 bits per heavy atom. The molecule has 1 aliphatic heterocycles. The highest BCUT2D eigenvalue weighted by Crippen LogP contribution is 2.17. The molecule has 2 N–H and O–H groups in total. The molecule has 2 rings (SSSR count). The molecule has 1 aromatic rings. The first kappa shape index (κ1) is 24.7. The molecule has 0 aromatic heterocycles. The van der Waals surface area contributed by atoms with Gasteiger partial charge in [0.15, 0.2) is 5.96 Å². The number of nitrogens with zero attached hydrogens (tertiary/aromatic N) is 3. The Morgan fingerprint density at radius 3 is 2.82 bits per heavy atom. The van der Waals surface area contributed by atoms with Crippen molar-refractivity contribution in [2.45, 2.75) is 19.4 Å². The molecule has 1 aromatic carbocycles. The monoisotopic (exact) mass is 501 g/mol. The highest BCUT2D eigenvalue weighted by molar-refractivity contribution is 14.0. The Balaban J connectivity index is 0.00000392. The minimum Gasteiger partial charge on any atom is -0.489 e. The van der Waals surface area contributed by atoms with Crippen LogP contribution in [0, 0.1) is 0 Å². The molecule has 6 nitrogen and oxygen atoms in total. The van der Waals surface area contributed by atoms with E-state index in [0.29, 0.717) is 13.2 Å². The van der Waals surface area contributed by atoms with E-state index in [1.807, 2.05) is 18.2 Å². The molecule has 0 atom stereocenters. The van der Waals surface area contributed by atoms with E-state index in [1.54, 1.807) is 13.1 Å². The van der Waals surface area contributed by atoms with Gasteiger partial charge in [0.2, 0.25) is 0 Å². The Kier molecular flexibility index (Phi) is 12.9. The average Bonchev–Trinajstić information content (AvgIpc) is 2.90. The average molecular weight is 501 g/mol. The van der Waals surface area contributed by atoms with Crippen LogP contribution >= 0.6 is 24.0 Å². The Bertz CT molecular complexity index is 596. The zero-order valence-corrected chi connectivity index (χ0v) is 19.7. The molecule has 1 fully saturated rings. The van der Waals surface area contributed by atoms with E-state index < -0.39 is 0 Å². The summed E-state index contributed by atoms with van der Waals surface area (Å²) in [4.78, 5) is 9.30. The van der Waals surface area contributed by atoms with Crippen LogP contribution in [0.1, 0.15) is 18.4 Å². The van der Waals surface area contributed by atoms with Gasteiger partial charge in [0.1, 0.15) is 12.4 Å². The lowest BCUT2D eigenvalue weighted by molar-refractivity contribution is 0.274. The van der Waals surface area contributed by atoms with Crippen LogP contribution in [0.3, 0.4) is 0 Å². The summed E-state index contributed by atoms with van der Waals surface area (Å²) in [5, 5.41) is 6.78. The number of benzene rings is 1. The van der Waals surface area contributed by atoms with Crippen LogP contribution < -0.4 is 15.4 Å². The highest BCUT2D eigenvalue weighted by Gasteiger charge is 2.11. The summed E-state index contributed by atoms with van der Waals surface area (Å²) in [6.07, 6.45) is 4.14. The third-order valence-corrected chi connectivity index (χ3v) is 4.75. The second kappa shape index (κ2) is 14.6. The first-order valence-corrected chi connectivity index (χ1v) is 9.90. The van der Waals surface area contributed by atoms with Crippen LogP contribution in [-0.4, -0.2) is 75.7 Å². The Labute approximate surface area is 187 Å². The fraction of sp³-hybridized carbons (Fsp3) is 0.571.